The largest absolute Gasteiger partial charge is 0.393 e. The predicted molar refractivity (Wildman–Crippen MR) is 57.5 cm³/mol. The van der Waals surface area contributed by atoms with Gasteiger partial charge in [0.05, 0.1) is 24.7 Å². The Balaban J connectivity index is 2.05. The van der Waals surface area contributed by atoms with Gasteiger partial charge < -0.3 is 15.2 Å². The van der Waals surface area contributed by atoms with Gasteiger partial charge in [-0.3, -0.25) is 4.79 Å². The molecule has 16 heavy (non-hydrogen) atoms. The first-order chi connectivity index (χ1) is 7.72. The van der Waals surface area contributed by atoms with Crippen molar-refractivity contribution < 1.29 is 14.6 Å². The van der Waals surface area contributed by atoms with Gasteiger partial charge in [0.2, 0.25) is 5.91 Å². The molecular weight excluding hydrogens is 208 g/mol. The van der Waals surface area contributed by atoms with E-state index in [-0.39, 0.29) is 24.7 Å². The number of hydrogen-bond donors (Lipinski definition) is 2. The molecule has 0 unspecified atom stereocenters. The van der Waals surface area contributed by atoms with Crippen LogP contribution in [0.4, 0.5) is 0 Å². The molecular formula is C11H18N2O3. The Hall–Kier alpha value is -1.12. The van der Waals surface area contributed by atoms with E-state index in [9.17, 15) is 9.90 Å². The summed E-state index contributed by atoms with van der Waals surface area (Å²) in [6.07, 6.45) is 3.33. The third-order valence-electron chi connectivity index (χ3n) is 2.65. The van der Waals surface area contributed by atoms with E-state index in [1.807, 2.05) is 6.07 Å². The summed E-state index contributed by atoms with van der Waals surface area (Å²) in [4.78, 5) is 11.2. The molecule has 1 rings (SSSR count). The van der Waals surface area contributed by atoms with Gasteiger partial charge in [0.25, 0.3) is 0 Å². The minimum Gasteiger partial charge on any atom is -0.393 e. The van der Waals surface area contributed by atoms with Crippen molar-refractivity contribution in [3.05, 3.63) is 0 Å². The molecule has 1 saturated carbocycles. The summed E-state index contributed by atoms with van der Waals surface area (Å²) in [5.41, 5.74) is 0. The van der Waals surface area contributed by atoms with Gasteiger partial charge in [-0.15, -0.1) is 0 Å². The van der Waals surface area contributed by atoms with Crippen LogP contribution in [0.2, 0.25) is 0 Å². The second-order valence-corrected chi connectivity index (χ2v) is 4.00. The van der Waals surface area contributed by atoms with Crippen molar-refractivity contribution in [2.24, 2.45) is 0 Å². The van der Waals surface area contributed by atoms with Crippen LogP contribution in [0, 0.1) is 11.3 Å². The van der Waals surface area contributed by atoms with E-state index in [0.717, 1.165) is 25.7 Å². The second kappa shape index (κ2) is 7.20. The number of rotatable bonds is 5. The van der Waals surface area contributed by atoms with E-state index < -0.39 is 0 Å². The molecule has 0 aliphatic heterocycles. The lowest BCUT2D eigenvalue weighted by Crippen LogP contribution is -2.32. The van der Waals surface area contributed by atoms with Crippen molar-refractivity contribution in [2.75, 3.05) is 13.2 Å². The fraction of sp³-hybridized carbons (Fsp3) is 0.818. The monoisotopic (exact) mass is 226 g/mol. The number of amides is 1. The van der Waals surface area contributed by atoms with Crippen molar-refractivity contribution >= 4 is 5.91 Å². The van der Waals surface area contributed by atoms with Crippen molar-refractivity contribution in [3.8, 4) is 6.07 Å². The lowest BCUT2D eigenvalue weighted by atomic mass is 9.95. The molecule has 0 aromatic heterocycles. The molecule has 0 heterocycles. The molecule has 5 heteroatoms. The summed E-state index contributed by atoms with van der Waals surface area (Å²) < 4.78 is 5.42. The molecule has 0 saturated heterocycles. The number of carbonyl (C=O) groups is 1. The molecule has 0 atom stereocenters. The van der Waals surface area contributed by atoms with Gasteiger partial charge in [-0.2, -0.15) is 5.26 Å². The van der Waals surface area contributed by atoms with Gasteiger partial charge in [0, 0.05) is 6.54 Å². The van der Waals surface area contributed by atoms with Gasteiger partial charge in [-0.05, 0) is 25.7 Å². The van der Waals surface area contributed by atoms with Crippen LogP contribution in [0.25, 0.3) is 0 Å². The Kier molecular flexibility index (Phi) is 5.83. The number of carbonyl (C=O) groups excluding carboxylic acids is 1. The fourth-order valence-electron chi connectivity index (χ4n) is 1.71. The van der Waals surface area contributed by atoms with Crippen LogP contribution in [-0.4, -0.2) is 36.4 Å². The van der Waals surface area contributed by atoms with Crippen LogP contribution < -0.4 is 5.32 Å². The summed E-state index contributed by atoms with van der Waals surface area (Å²) in [5.74, 6) is -0.179. The summed E-state index contributed by atoms with van der Waals surface area (Å²) >= 11 is 0. The Bertz CT molecular complexity index is 254. The summed E-state index contributed by atoms with van der Waals surface area (Å²) in [7, 11) is 0. The topological polar surface area (TPSA) is 82.4 Å². The summed E-state index contributed by atoms with van der Waals surface area (Å²) in [6.45, 7) is 0.425. The Labute approximate surface area is 95.4 Å². The molecule has 1 fully saturated rings. The molecule has 1 aliphatic rings. The zero-order valence-electron chi connectivity index (χ0n) is 9.32. The molecule has 5 nitrogen and oxygen atoms in total. The van der Waals surface area contributed by atoms with Crippen molar-refractivity contribution in [2.45, 2.75) is 44.3 Å². The quantitative estimate of drug-likeness (QED) is 0.662. The van der Waals surface area contributed by atoms with Gasteiger partial charge in [-0.1, -0.05) is 0 Å². The second-order valence-electron chi connectivity index (χ2n) is 4.00. The standard InChI is InChI=1S/C11H18N2O3/c12-6-1-7-13-11(15)8-16-10-4-2-9(14)3-5-10/h9-10,14H,1-5,7-8H2,(H,13,15). The highest BCUT2D eigenvalue weighted by atomic mass is 16.5. The smallest absolute Gasteiger partial charge is 0.246 e. The van der Waals surface area contributed by atoms with Gasteiger partial charge in [0.1, 0.15) is 6.61 Å². The van der Waals surface area contributed by atoms with Crippen LogP contribution in [0.1, 0.15) is 32.1 Å². The maximum atomic E-state index is 11.2. The zero-order chi connectivity index (χ0) is 11.8. The summed E-state index contributed by atoms with van der Waals surface area (Å²) in [6, 6.07) is 1.95. The maximum absolute atomic E-state index is 11.2. The number of hydrogen-bond acceptors (Lipinski definition) is 4. The van der Waals surface area contributed by atoms with Crippen LogP contribution in [0.15, 0.2) is 0 Å². The number of aliphatic hydroxyl groups is 1. The van der Waals surface area contributed by atoms with Crippen LogP contribution in [0.3, 0.4) is 0 Å². The lowest BCUT2D eigenvalue weighted by molar-refractivity contribution is -0.128. The highest BCUT2D eigenvalue weighted by molar-refractivity contribution is 5.77. The number of nitriles is 1. The SMILES string of the molecule is N#CCCNC(=O)COC1CCC(O)CC1. The average molecular weight is 226 g/mol. The number of nitrogens with zero attached hydrogens (tertiary/aromatic N) is 1. The Morgan fingerprint density at radius 1 is 1.44 bits per heavy atom. The average Bonchev–Trinajstić information content (AvgIpc) is 2.29. The highest BCUT2D eigenvalue weighted by Crippen LogP contribution is 2.20. The van der Waals surface area contributed by atoms with Crippen molar-refractivity contribution in [1.29, 1.82) is 5.26 Å². The van der Waals surface area contributed by atoms with E-state index in [1.54, 1.807) is 0 Å². The van der Waals surface area contributed by atoms with Gasteiger partial charge in [-0.25, -0.2) is 0 Å². The Morgan fingerprint density at radius 2 is 2.12 bits per heavy atom. The van der Waals surface area contributed by atoms with E-state index >= 15 is 0 Å². The van der Waals surface area contributed by atoms with E-state index in [4.69, 9.17) is 10.00 Å². The minimum atomic E-state index is -0.204. The first-order valence-corrected chi connectivity index (χ1v) is 5.65. The van der Waals surface area contributed by atoms with E-state index in [1.165, 1.54) is 0 Å². The predicted octanol–water partition coefficient (Wildman–Crippen LogP) is 0.336. The normalized spacial score (nSPS) is 24.8. The molecule has 0 aromatic rings. The van der Waals surface area contributed by atoms with Crippen LogP contribution in [-0.2, 0) is 9.53 Å². The molecule has 2 N–H and O–H groups in total. The van der Waals surface area contributed by atoms with Crippen LogP contribution in [0.5, 0.6) is 0 Å². The van der Waals surface area contributed by atoms with Crippen molar-refractivity contribution in [1.82, 2.24) is 5.32 Å². The third-order valence-corrected chi connectivity index (χ3v) is 2.65. The molecule has 0 spiro atoms. The zero-order valence-corrected chi connectivity index (χ0v) is 9.32. The lowest BCUT2D eigenvalue weighted by Gasteiger charge is -2.25. The van der Waals surface area contributed by atoms with E-state index in [2.05, 4.69) is 5.32 Å². The number of nitrogens with one attached hydrogen (secondary N) is 1. The summed E-state index contributed by atoms with van der Waals surface area (Å²) in [5, 5.41) is 20.2. The highest BCUT2D eigenvalue weighted by Gasteiger charge is 2.20. The van der Waals surface area contributed by atoms with E-state index in [0.29, 0.717) is 13.0 Å². The third kappa shape index (κ3) is 5.10. The van der Waals surface area contributed by atoms with Gasteiger partial charge >= 0.3 is 0 Å². The maximum Gasteiger partial charge on any atom is 0.246 e. The first-order valence-electron chi connectivity index (χ1n) is 5.65. The Morgan fingerprint density at radius 3 is 2.75 bits per heavy atom. The minimum absolute atomic E-state index is 0.0478. The van der Waals surface area contributed by atoms with Gasteiger partial charge in [0.15, 0.2) is 0 Å². The molecule has 0 radical (unpaired) electrons. The fourth-order valence-corrected chi connectivity index (χ4v) is 1.71. The molecule has 0 aromatic carbocycles. The van der Waals surface area contributed by atoms with Crippen LogP contribution >= 0.6 is 0 Å². The first kappa shape index (κ1) is 12.9. The number of aliphatic hydroxyl groups excluding tert-OH is 1. The molecule has 1 amide bonds. The van der Waals surface area contributed by atoms with Crippen molar-refractivity contribution in [3.63, 3.8) is 0 Å². The molecule has 1 aliphatic carbocycles. The molecule has 0 bridgehead atoms. The molecule has 90 valence electrons. The number of ether oxygens (including phenoxy) is 1.